The van der Waals surface area contributed by atoms with Crippen molar-refractivity contribution < 1.29 is 20.6 Å². The van der Waals surface area contributed by atoms with E-state index < -0.39 is 6.04 Å². The van der Waals surface area contributed by atoms with Gasteiger partial charge in [-0.15, -0.1) is 0 Å². The van der Waals surface area contributed by atoms with Gasteiger partial charge in [0.1, 0.15) is 28.7 Å². The van der Waals surface area contributed by atoms with Gasteiger partial charge in [-0.2, -0.15) is 0 Å². The molecule has 0 aliphatic carbocycles. The summed E-state index contributed by atoms with van der Waals surface area (Å²) in [6.45, 7) is 1.87. The number of rotatable bonds is 11. The lowest BCUT2D eigenvalue weighted by molar-refractivity contribution is -0.586. The quantitative estimate of drug-likeness (QED) is 0.0958. The predicted octanol–water partition coefficient (Wildman–Crippen LogP) is 17.9. The highest BCUT2D eigenvalue weighted by molar-refractivity contribution is 6.09. The minimum absolute atomic E-state index is 0.115. The van der Waals surface area contributed by atoms with Gasteiger partial charge in [0.15, 0.2) is 0 Å². The maximum atomic E-state index is 8.67. The molecule has 77 heavy (non-hydrogen) atoms. The van der Waals surface area contributed by atoms with Crippen LogP contribution in [0.5, 0.6) is 11.5 Å². The van der Waals surface area contributed by atoms with Crippen molar-refractivity contribution in [2.24, 2.45) is 0 Å². The number of benzene rings is 10. The molecule has 0 saturated carbocycles. The SMILES string of the molecule is [2H]c1c([2H])c([2H])c(-c2cnc(-n3c4ccccc4c4ccc(Oc5cccc(-c6coc7c(-c8c(-c9ccccc9)cccc8-c8ccccc8)[n+](-c8c(-c9ccccc9)cccc8-c8ccccc8)[c-]n67)c5)cc43)cc2C)c([2H])c1[2H]. The van der Waals surface area contributed by atoms with Gasteiger partial charge >= 0.3 is 0 Å². The van der Waals surface area contributed by atoms with Gasteiger partial charge in [-0.25, -0.2) is 4.98 Å². The molecule has 0 N–H and O–H groups in total. The summed E-state index contributed by atoms with van der Waals surface area (Å²) < 4.78 is 62.2. The Balaban J connectivity index is 0.930. The van der Waals surface area contributed by atoms with Crippen LogP contribution in [0.3, 0.4) is 0 Å². The molecular formula is C71H48N4O2. The Morgan fingerprint density at radius 2 is 1.04 bits per heavy atom. The van der Waals surface area contributed by atoms with Gasteiger partial charge in [-0.3, -0.25) is 13.5 Å². The fraction of sp³-hybridized carbons (Fsp3) is 0.0141. The summed E-state index contributed by atoms with van der Waals surface area (Å²) in [4.78, 5) is 4.90. The number of fused-ring (bicyclic) bond motifs is 4. The van der Waals surface area contributed by atoms with E-state index in [4.69, 9.17) is 21.0 Å². The molecule has 0 aliphatic heterocycles. The van der Waals surface area contributed by atoms with E-state index >= 15 is 0 Å². The zero-order valence-electron chi connectivity index (χ0n) is 46.7. The molecule has 0 saturated heterocycles. The van der Waals surface area contributed by atoms with Crippen molar-refractivity contribution >= 4 is 27.5 Å². The van der Waals surface area contributed by atoms with E-state index in [0.717, 1.165) is 94.5 Å². The lowest BCUT2D eigenvalue weighted by Gasteiger charge is -2.21. The van der Waals surface area contributed by atoms with Crippen molar-refractivity contribution in [3.8, 4) is 101 Å². The van der Waals surface area contributed by atoms with Crippen molar-refractivity contribution in [1.29, 1.82) is 0 Å². The van der Waals surface area contributed by atoms with Crippen molar-refractivity contribution in [3.05, 3.63) is 285 Å². The van der Waals surface area contributed by atoms with Crippen LogP contribution in [0.1, 0.15) is 12.4 Å². The van der Waals surface area contributed by atoms with Crippen LogP contribution in [0, 0.1) is 13.3 Å². The van der Waals surface area contributed by atoms with Crippen LogP contribution in [-0.4, -0.2) is 14.0 Å². The van der Waals surface area contributed by atoms with Gasteiger partial charge in [-0.05, 0) is 105 Å². The minimum Gasteiger partial charge on any atom is -0.472 e. The van der Waals surface area contributed by atoms with Crippen molar-refractivity contribution in [1.82, 2.24) is 14.0 Å². The Morgan fingerprint density at radius 3 is 1.68 bits per heavy atom. The summed E-state index contributed by atoms with van der Waals surface area (Å²) in [7, 11) is 0. The molecule has 0 unspecified atom stereocenters. The van der Waals surface area contributed by atoms with Crippen LogP contribution < -0.4 is 9.30 Å². The second-order valence-corrected chi connectivity index (χ2v) is 19.0. The summed E-state index contributed by atoms with van der Waals surface area (Å²) in [5.74, 6) is 1.81. The number of imidazole rings is 1. The van der Waals surface area contributed by atoms with Gasteiger partial charge in [-0.1, -0.05) is 218 Å². The normalized spacial score (nSPS) is 12.4. The Morgan fingerprint density at radius 1 is 0.494 bits per heavy atom. The molecule has 0 aliphatic rings. The lowest BCUT2D eigenvalue weighted by Crippen LogP contribution is -2.33. The van der Waals surface area contributed by atoms with E-state index in [1.165, 1.54) is 0 Å². The molecule has 0 spiro atoms. The van der Waals surface area contributed by atoms with Gasteiger partial charge in [0.2, 0.25) is 5.71 Å². The van der Waals surface area contributed by atoms with Gasteiger partial charge in [0.25, 0.3) is 6.33 Å². The summed E-state index contributed by atoms with van der Waals surface area (Å²) in [6.07, 6.45) is 7.30. The number of hydrogen-bond donors (Lipinski definition) is 0. The summed E-state index contributed by atoms with van der Waals surface area (Å²) >= 11 is 0. The second kappa shape index (κ2) is 19.2. The average Bonchev–Trinajstić information content (AvgIpc) is 2.67. The first-order chi connectivity index (χ1) is 40.2. The molecule has 4 heterocycles. The number of pyridine rings is 1. The van der Waals surface area contributed by atoms with Gasteiger partial charge < -0.3 is 9.15 Å². The largest absolute Gasteiger partial charge is 0.472 e. The minimum atomic E-state index is -0.436. The van der Waals surface area contributed by atoms with Crippen molar-refractivity contribution in [2.45, 2.75) is 6.92 Å². The topological polar surface area (TPSA) is 48.5 Å². The van der Waals surface area contributed by atoms with Crippen LogP contribution in [0.2, 0.25) is 0 Å². The smallest absolute Gasteiger partial charge is 0.272 e. The van der Waals surface area contributed by atoms with Crippen molar-refractivity contribution in [2.75, 3.05) is 0 Å². The average molecular weight is 994 g/mol. The maximum Gasteiger partial charge on any atom is 0.272 e. The van der Waals surface area contributed by atoms with Gasteiger partial charge in [0.05, 0.1) is 29.8 Å². The van der Waals surface area contributed by atoms with E-state index in [-0.39, 0.29) is 29.7 Å². The third-order valence-corrected chi connectivity index (χ3v) is 14.4. The summed E-state index contributed by atoms with van der Waals surface area (Å²) in [5, 5.41) is 2.01. The number of hydrogen-bond acceptors (Lipinski definition) is 3. The number of aromatic nitrogens is 4. The maximum absolute atomic E-state index is 8.67. The Kier molecular flexibility index (Phi) is 10.0. The first-order valence-electron chi connectivity index (χ1n) is 28.0. The summed E-state index contributed by atoms with van der Waals surface area (Å²) in [5.41, 5.74) is 16.4. The van der Waals surface area contributed by atoms with E-state index in [1.807, 2.05) is 90.2 Å². The van der Waals surface area contributed by atoms with E-state index in [9.17, 15) is 0 Å². The molecule has 6 nitrogen and oxygen atoms in total. The highest BCUT2D eigenvalue weighted by Crippen LogP contribution is 2.44. The first-order valence-corrected chi connectivity index (χ1v) is 25.5. The third-order valence-electron chi connectivity index (χ3n) is 14.4. The highest BCUT2D eigenvalue weighted by Gasteiger charge is 2.29. The number of oxazole rings is 1. The fourth-order valence-electron chi connectivity index (χ4n) is 10.8. The molecule has 10 aromatic carbocycles. The molecule has 14 aromatic rings. The zero-order valence-corrected chi connectivity index (χ0v) is 41.7. The fourth-order valence-corrected chi connectivity index (χ4v) is 10.8. The molecule has 0 atom stereocenters. The first kappa shape index (κ1) is 40.1. The van der Waals surface area contributed by atoms with Crippen LogP contribution >= 0.6 is 0 Å². The predicted molar refractivity (Wildman–Crippen MR) is 311 cm³/mol. The molecule has 0 amide bonds. The van der Waals surface area contributed by atoms with Crippen LogP contribution in [0.25, 0.3) is 117 Å². The lowest BCUT2D eigenvalue weighted by atomic mass is 9.89. The molecule has 4 aromatic heterocycles. The molecule has 0 bridgehead atoms. The number of ether oxygens (including phenoxy) is 1. The van der Waals surface area contributed by atoms with Gasteiger partial charge in [0, 0.05) is 34.2 Å². The highest BCUT2D eigenvalue weighted by atomic mass is 16.5. The molecule has 0 radical (unpaired) electrons. The molecule has 14 rings (SSSR count). The molecule has 364 valence electrons. The Hall–Kier alpha value is -10.3. The monoisotopic (exact) mass is 993 g/mol. The zero-order chi connectivity index (χ0) is 55.6. The van der Waals surface area contributed by atoms with E-state index in [1.54, 1.807) is 12.5 Å². The van der Waals surface area contributed by atoms with E-state index in [0.29, 0.717) is 34.2 Å². The van der Waals surface area contributed by atoms with E-state index in [2.05, 4.69) is 167 Å². The van der Waals surface area contributed by atoms with Crippen LogP contribution in [0.15, 0.2) is 278 Å². The Labute approximate surface area is 453 Å². The Bertz CT molecular complexity index is 4640. The number of aryl methyl sites for hydroxylation is 1. The van der Waals surface area contributed by atoms with Crippen LogP contribution in [0.4, 0.5) is 0 Å². The number of para-hydroxylation sites is 2. The van der Waals surface area contributed by atoms with Crippen molar-refractivity contribution in [3.63, 3.8) is 0 Å². The third kappa shape index (κ3) is 8.07. The second-order valence-electron chi connectivity index (χ2n) is 19.0. The molecule has 6 heteroatoms. The standard InChI is InChI=1S/C71H48N4O2/c1-48-42-67(72-45-63(48)53-30-15-6-16-31-53)75-64-39-18-17-34-61(64)62-41-40-56(44-65(62)75)77-55-33-19-32-54(43-55)66-46-76-71-70(68-57(49-22-7-2-8-23-49)35-20-36-58(68)50-24-9-3-10-25-50)74(47-73(66)71)69-59(51-26-11-4-12-27-51)37-21-38-60(69)52-28-13-5-14-29-52/h2-46H,1H3/i6D,15D,16D,30D,31D. The molecular weight excluding hydrogens is 941 g/mol. The summed E-state index contributed by atoms with van der Waals surface area (Å²) in [6, 6.07) is 77.4. The molecule has 0 fully saturated rings. The van der Waals surface area contributed by atoms with Crippen LogP contribution in [-0.2, 0) is 0 Å². The number of nitrogens with zero attached hydrogens (tertiary/aromatic N) is 4.